The molecular weight excluding hydrogens is 1360 g/mol. The fraction of sp³-hybridized carbons (Fsp3) is 0.667. The first-order chi connectivity index (χ1) is 51.2. The molecule has 105 heavy (non-hydrogen) atoms. The molecule has 0 aromatic carbocycles. The summed E-state index contributed by atoms with van der Waals surface area (Å²) in [5.74, 6) is -1.69. The van der Waals surface area contributed by atoms with Crippen molar-refractivity contribution in [3.8, 4) is 0 Å². The number of hydrogen-bond acceptors (Lipinski definition) is 14. The number of ether oxygens (including phenoxy) is 3. The SMILES string of the molecule is CC/C=C\C/C=C\C/C=C\C/C=C\C/C=C\C/C=C\CCC(=O)OCC(COP(=O)(O)OCC(O)COP(=O)(O)OCC(O)COC(=O)CCCCCCCCCCCCCCCCCCC/C=C\C/C=C\C/C=C\C/C=C\CCCCC)OC(=O)CCCCCCCCC/C=C\C/C=C\C/C=C\CC. The molecule has 0 saturated heterocycles. The molecule has 0 fully saturated rings. The molecule has 0 spiro atoms. The molecule has 18 heteroatoms. The number of aliphatic hydroxyl groups excluding tert-OH is 2. The molecule has 0 aliphatic heterocycles. The largest absolute Gasteiger partial charge is 0.472 e. The first-order valence-corrected chi connectivity index (χ1v) is 43.8. The minimum atomic E-state index is -4.95. The van der Waals surface area contributed by atoms with Gasteiger partial charge in [0.05, 0.1) is 26.4 Å². The molecule has 600 valence electrons. The van der Waals surface area contributed by atoms with Gasteiger partial charge in [-0.2, -0.15) is 0 Å². The second kappa shape index (κ2) is 78.7. The van der Waals surface area contributed by atoms with E-state index in [1.54, 1.807) is 0 Å². The number of phosphoric acid groups is 2. The number of unbranched alkanes of at least 4 members (excludes halogenated alkanes) is 27. The van der Waals surface area contributed by atoms with Crippen molar-refractivity contribution in [3.05, 3.63) is 158 Å². The number of rotatable bonds is 76. The zero-order valence-corrected chi connectivity index (χ0v) is 67.4. The molecule has 0 rings (SSSR count). The molecule has 0 bridgehead atoms. The van der Waals surface area contributed by atoms with Crippen molar-refractivity contribution in [2.45, 2.75) is 334 Å². The summed E-state index contributed by atoms with van der Waals surface area (Å²) in [7, 11) is -9.82. The minimum absolute atomic E-state index is 0.0383. The van der Waals surface area contributed by atoms with Gasteiger partial charge in [-0.05, 0) is 135 Å². The van der Waals surface area contributed by atoms with Crippen LogP contribution < -0.4 is 0 Å². The van der Waals surface area contributed by atoms with E-state index in [1.165, 1.54) is 116 Å². The average molecular weight is 1510 g/mol. The summed E-state index contributed by atoms with van der Waals surface area (Å²) < 4.78 is 61.1. The van der Waals surface area contributed by atoms with Gasteiger partial charge in [0.1, 0.15) is 25.4 Å². The van der Waals surface area contributed by atoms with Crippen molar-refractivity contribution in [2.24, 2.45) is 0 Å². The zero-order valence-electron chi connectivity index (χ0n) is 65.6. The van der Waals surface area contributed by atoms with Gasteiger partial charge in [-0.1, -0.05) is 320 Å². The summed E-state index contributed by atoms with van der Waals surface area (Å²) in [6.07, 6.45) is 98.9. The van der Waals surface area contributed by atoms with Crippen LogP contribution in [0.5, 0.6) is 0 Å². The van der Waals surface area contributed by atoms with Crippen LogP contribution in [0.2, 0.25) is 0 Å². The van der Waals surface area contributed by atoms with Crippen LogP contribution in [0.4, 0.5) is 0 Å². The number of hydrogen-bond donors (Lipinski definition) is 4. The predicted molar refractivity (Wildman–Crippen MR) is 435 cm³/mol. The van der Waals surface area contributed by atoms with E-state index in [0.29, 0.717) is 25.7 Å². The second-order valence-corrected chi connectivity index (χ2v) is 29.7. The maximum atomic E-state index is 13.0. The van der Waals surface area contributed by atoms with Crippen molar-refractivity contribution in [2.75, 3.05) is 39.6 Å². The van der Waals surface area contributed by atoms with Crippen LogP contribution in [0.15, 0.2) is 158 Å². The van der Waals surface area contributed by atoms with Gasteiger partial charge in [-0.15, -0.1) is 0 Å². The lowest BCUT2D eigenvalue weighted by atomic mass is 10.0. The van der Waals surface area contributed by atoms with E-state index >= 15 is 0 Å². The van der Waals surface area contributed by atoms with Gasteiger partial charge in [0.25, 0.3) is 0 Å². The molecule has 0 saturated carbocycles. The summed E-state index contributed by atoms with van der Waals surface area (Å²) in [4.78, 5) is 58.6. The standard InChI is InChI=1S/C87H146O16P2/c1-4-7-10-13-16-19-22-25-28-31-33-34-35-36-37-38-39-40-41-42-43-44-45-46-48-51-52-55-58-61-64-67-70-73-85(90)97-76-82(88)77-99-104(93,94)100-78-83(89)79-101-105(95,96)102-81-84(103-87(92)75-72-69-66-63-60-57-54-49-30-27-24-21-18-15-12-9-6-3)80-98-86(91)74-71-68-65-62-59-56-53-50-47-32-29-26-23-20-17-14-11-8-5-2/h8-9,11-12,16-21,25-30,33-34,36-37,47,50,56,59,65,68,82-84,88-89H,4-7,10,13-15,22-24,31-32,35,38-46,48-49,51-55,57-58,60-64,66-67,69-81H2,1-3H3,(H,93,94)(H,95,96)/b11-8-,12-9-,19-16-,20-17-,21-18-,28-25-,29-26-,30-27-,34-33-,37-36-,50-47-,59-56-,68-65-. The van der Waals surface area contributed by atoms with E-state index < -0.39 is 91.5 Å². The molecule has 0 amide bonds. The molecule has 0 aliphatic rings. The Morgan fingerprint density at radius 2 is 0.524 bits per heavy atom. The highest BCUT2D eigenvalue weighted by atomic mass is 31.2. The highest BCUT2D eigenvalue weighted by molar-refractivity contribution is 7.47. The van der Waals surface area contributed by atoms with Crippen LogP contribution in [0.1, 0.15) is 316 Å². The van der Waals surface area contributed by atoms with Crippen LogP contribution in [0, 0.1) is 0 Å². The molecule has 5 atom stereocenters. The second-order valence-electron chi connectivity index (χ2n) is 26.8. The fourth-order valence-corrected chi connectivity index (χ4v) is 12.2. The molecule has 0 aliphatic carbocycles. The number of allylic oxidation sites excluding steroid dienone is 26. The van der Waals surface area contributed by atoms with Crippen LogP contribution in [-0.2, 0) is 55.8 Å². The van der Waals surface area contributed by atoms with Crippen molar-refractivity contribution in [1.82, 2.24) is 0 Å². The molecule has 0 radical (unpaired) electrons. The van der Waals surface area contributed by atoms with Crippen molar-refractivity contribution in [1.29, 1.82) is 0 Å². The highest BCUT2D eigenvalue weighted by Gasteiger charge is 2.29. The first kappa shape index (κ1) is 100. The Morgan fingerprint density at radius 3 is 0.857 bits per heavy atom. The van der Waals surface area contributed by atoms with Gasteiger partial charge in [0.15, 0.2) is 6.10 Å². The number of carbonyl (C=O) groups excluding carboxylic acids is 3. The van der Waals surface area contributed by atoms with Gasteiger partial charge in [-0.3, -0.25) is 32.5 Å². The number of carbonyl (C=O) groups is 3. The molecule has 5 unspecified atom stereocenters. The quantitative estimate of drug-likeness (QED) is 0.0146. The van der Waals surface area contributed by atoms with E-state index in [0.717, 1.165) is 135 Å². The third-order valence-electron chi connectivity index (χ3n) is 16.7. The van der Waals surface area contributed by atoms with E-state index in [2.05, 4.69) is 161 Å². The topological polar surface area (TPSA) is 231 Å². The number of aliphatic hydroxyl groups is 2. The Kier molecular flexibility index (Phi) is 75.1. The van der Waals surface area contributed by atoms with Crippen molar-refractivity contribution in [3.63, 3.8) is 0 Å². The normalized spacial score (nSPS) is 14.8. The lowest BCUT2D eigenvalue weighted by Gasteiger charge is -2.21. The molecule has 16 nitrogen and oxygen atoms in total. The lowest BCUT2D eigenvalue weighted by molar-refractivity contribution is -0.161. The smallest absolute Gasteiger partial charge is 0.463 e. The van der Waals surface area contributed by atoms with Crippen LogP contribution in [-0.4, -0.2) is 95.9 Å². The van der Waals surface area contributed by atoms with Gasteiger partial charge in [0.2, 0.25) is 0 Å². The molecule has 4 N–H and O–H groups in total. The number of phosphoric ester groups is 2. The van der Waals surface area contributed by atoms with Crippen LogP contribution >= 0.6 is 15.6 Å². The Balaban J connectivity index is 4.52. The van der Waals surface area contributed by atoms with E-state index in [4.69, 9.17) is 32.3 Å². The Morgan fingerprint density at radius 1 is 0.276 bits per heavy atom. The average Bonchev–Trinajstić information content (AvgIpc) is 0.915. The fourth-order valence-electron chi connectivity index (χ4n) is 10.6. The van der Waals surface area contributed by atoms with Gasteiger partial charge < -0.3 is 34.2 Å². The molecule has 0 aromatic heterocycles. The van der Waals surface area contributed by atoms with Gasteiger partial charge in [0, 0.05) is 19.3 Å². The van der Waals surface area contributed by atoms with E-state index in [-0.39, 0.29) is 19.3 Å². The summed E-state index contributed by atoms with van der Waals surface area (Å²) >= 11 is 0. The predicted octanol–water partition coefficient (Wildman–Crippen LogP) is 24.2. The molecule has 0 heterocycles. The first-order valence-electron chi connectivity index (χ1n) is 40.8. The van der Waals surface area contributed by atoms with Crippen molar-refractivity contribution < 1.29 is 75.8 Å². The van der Waals surface area contributed by atoms with E-state index in [1.807, 2.05) is 18.2 Å². The van der Waals surface area contributed by atoms with Crippen LogP contribution in [0.3, 0.4) is 0 Å². The highest BCUT2D eigenvalue weighted by Crippen LogP contribution is 2.45. The van der Waals surface area contributed by atoms with Gasteiger partial charge >= 0.3 is 33.6 Å². The third-order valence-corrected chi connectivity index (χ3v) is 18.6. The monoisotopic (exact) mass is 1510 g/mol. The van der Waals surface area contributed by atoms with Gasteiger partial charge in [-0.25, -0.2) is 9.13 Å². The summed E-state index contributed by atoms with van der Waals surface area (Å²) in [6.45, 7) is 2.33. The van der Waals surface area contributed by atoms with Crippen molar-refractivity contribution >= 4 is 33.6 Å². The third kappa shape index (κ3) is 80.0. The molecule has 0 aromatic rings. The maximum absolute atomic E-state index is 13.0. The number of esters is 3. The summed E-state index contributed by atoms with van der Waals surface area (Å²) in [5.41, 5.74) is 0. The van der Waals surface area contributed by atoms with Crippen LogP contribution in [0.25, 0.3) is 0 Å². The Bertz CT molecular complexity index is 2540. The Hall–Kier alpha value is -4.83. The maximum Gasteiger partial charge on any atom is 0.472 e. The minimum Gasteiger partial charge on any atom is -0.463 e. The lowest BCUT2D eigenvalue weighted by Crippen LogP contribution is -2.30. The van der Waals surface area contributed by atoms with E-state index in [9.17, 15) is 43.5 Å². The zero-order chi connectivity index (χ0) is 76.6. The summed E-state index contributed by atoms with van der Waals surface area (Å²) in [5, 5.41) is 20.7. The Labute approximate surface area is 638 Å². The summed E-state index contributed by atoms with van der Waals surface area (Å²) in [6, 6.07) is 0. The molecular formula is C87H146O16P2.